The van der Waals surface area contributed by atoms with E-state index in [1.807, 2.05) is 10.6 Å². The number of hydrogen-bond donors (Lipinski definition) is 4. The second kappa shape index (κ2) is 9.55. The zero-order valence-electron chi connectivity index (χ0n) is 19.5. The van der Waals surface area contributed by atoms with E-state index in [4.69, 9.17) is 0 Å². The second-order valence-electron chi connectivity index (χ2n) is 8.30. The molecule has 2 unspecified atom stereocenters. The molecule has 0 aliphatic carbocycles. The Hall–Kier alpha value is -5.86. The minimum Gasteiger partial charge on any atom is -0.336 e. The Kier molecular flexibility index (Phi) is 6.07. The lowest BCUT2D eigenvalue weighted by molar-refractivity contribution is -0.121. The molecule has 0 radical (unpaired) electrons. The van der Waals surface area contributed by atoms with Crippen LogP contribution in [0.4, 0.5) is 15.3 Å². The van der Waals surface area contributed by atoms with Gasteiger partial charge < -0.3 is 10.6 Å². The summed E-state index contributed by atoms with van der Waals surface area (Å²) in [5.74, 6) is -4.50. The van der Waals surface area contributed by atoms with E-state index in [0.717, 1.165) is 17.3 Å². The van der Waals surface area contributed by atoms with E-state index in [-0.39, 0.29) is 27.9 Å². The van der Waals surface area contributed by atoms with Gasteiger partial charge in [-0.25, -0.2) is 24.5 Å². The van der Waals surface area contributed by atoms with Gasteiger partial charge in [0.1, 0.15) is 12.1 Å². The lowest BCUT2D eigenvalue weighted by Crippen LogP contribution is -2.51. The standard InChI is InChI=1S/C24H15N7O8/c32-17(27-15-8-25-23(38)29-19(15)34)10-2-1-3-12(6-10)31-21(36)13-5-4-11(7-14(13)22(31)37)18(33)28-16-9-26-24(39)30-20(16)35/h1-9,15-16H,(H,27,32)(H,28,33)(H,29,34,38)(H,30,35,39). The molecule has 0 spiro atoms. The normalized spacial score (nSPS) is 19.9. The number of aliphatic imine (C=N–C) groups is 2. The summed E-state index contributed by atoms with van der Waals surface area (Å²) in [6.07, 6.45) is 1.95. The van der Waals surface area contributed by atoms with Crippen molar-refractivity contribution in [1.82, 2.24) is 21.3 Å². The molecular weight excluding hydrogens is 514 g/mol. The Bertz CT molecular complexity index is 1590. The van der Waals surface area contributed by atoms with E-state index in [9.17, 15) is 38.4 Å². The predicted octanol–water partition coefficient (Wildman–Crippen LogP) is -0.675. The zero-order valence-corrected chi connectivity index (χ0v) is 19.5. The first-order chi connectivity index (χ1) is 18.6. The van der Waals surface area contributed by atoms with Crippen molar-refractivity contribution in [3.05, 3.63) is 64.7 Å². The van der Waals surface area contributed by atoms with E-state index in [1.54, 1.807) is 0 Å². The number of urea groups is 2. The van der Waals surface area contributed by atoms with Crippen molar-refractivity contribution in [2.45, 2.75) is 12.1 Å². The number of imide groups is 3. The van der Waals surface area contributed by atoms with Crippen molar-refractivity contribution in [3.8, 4) is 0 Å². The van der Waals surface area contributed by atoms with E-state index in [0.29, 0.717) is 0 Å². The second-order valence-corrected chi connectivity index (χ2v) is 8.30. The molecule has 3 aliphatic rings. The van der Waals surface area contributed by atoms with Crippen molar-refractivity contribution in [2.24, 2.45) is 9.98 Å². The third-order valence-corrected chi connectivity index (χ3v) is 5.80. The van der Waals surface area contributed by atoms with Crippen molar-refractivity contribution in [3.63, 3.8) is 0 Å². The summed E-state index contributed by atoms with van der Waals surface area (Å²) < 4.78 is 0. The number of rotatable bonds is 5. The van der Waals surface area contributed by atoms with Crippen LogP contribution in [-0.4, -0.2) is 72.0 Å². The molecule has 3 heterocycles. The highest BCUT2D eigenvalue weighted by Crippen LogP contribution is 2.29. The highest BCUT2D eigenvalue weighted by Gasteiger charge is 2.38. The number of amides is 10. The van der Waals surface area contributed by atoms with Gasteiger partial charge >= 0.3 is 12.1 Å². The summed E-state index contributed by atoms with van der Waals surface area (Å²) >= 11 is 0. The number of nitrogens with zero attached hydrogens (tertiary/aromatic N) is 3. The number of benzene rings is 2. The molecule has 10 amide bonds. The lowest BCUT2D eigenvalue weighted by atomic mass is 10.0. The van der Waals surface area contributed by atoms with Crippen LogP contribution in [0.25, 0.3) is 0 Å². The van der Waals surface area contributed by atoms with Crippen LogP contribution in [0.2, 0.25) is 0 Å². The van der Waals surface area contributed by atoms with Crippen LogP contribution in [-0.2, 0) is 9.59 Å². The van der Waals surface area contributed by atoms with Crippen molar-refractivity contribution < 1.29 is 38.4 Å². The molecule has 4 N–H and O–H groups in total. The van der Waals surface area contributed by atoms with Gasteiger partial charge in [0, 0.05) is 23.6 Å². The summed E-state index contributed by atoms with van der Waals surface area (Å²) in [6.45, 7) is 0. The van der Waals surface area contributed by atoms with E-state index in [1.165, 1.54) is 42.5 Å². The molecule has 2 aromatic rings. The van der Waals surface area contributed by atoms with Gasteiger partial charge in [-0.3, -0.25) is 39.4 Å². The molecule has 0 saturated heterocycles. The van der Waals surface area contributed by atoms with Crippen molar-refractivity contribution in [2.75, 3.05) is 4.90 Å². The van der Waals surface area contributed by atoms with E-state index in [2.05, 4.69) is 20.6 Å². The minimum atomic E-state index is -1.21. The molecule has 5 rings (SSSR count). The van der Waals surface area contributed by atoms with Crippen molar-refractivity contribution in [1.29, 1.82) is 0 Å². The molecule has 0 saturated carbocycles. The maximum atomic E-state index is 13.2. The fourth-order valence-electron chi connectivity index (χ4n) is 3.91. The highest BCUT2D eigenvalue weighted by molar-refractivity contribution is 6.35. The van der Waals surface area contributed by atoms with Crippen LogP contribution in [0.3, 0.4) is 0 Å². The molecule has 15 nitrogen and oxygen atoms in total. The fourth-order valence-corrected chi connectivity index (χ4v) is 3.91. The maximum Gasteiger partial charge on any atom is 0.347 e. The largest absolute Gasteiger partial charge is 0.347 e. The Morgan fingerprint density at radius 3 is 1.79 bits per heavy atom. The molecule has 39 heavy (non-hydrogen) atoms. The van der Waals surface area contributed by atoms with Crippen molar-refractivity contribution >= 4 is 65.6 Å². The average molecular weight is 529 g/mol. The van der Waals surface area contributed by atoms with Crippen LogP contribution in [0.5, 0.6) is 0 Å². The molecular formula is C24H15N7O8. The van der Waals surface area contributed by atoms with E-state index < -0.39 is 59.6 Å². The molecule has 194 valence electrons. The number of carbonyl (C=O) groups is 8. The van der Waals surface area contributed by atoms with Gasteiger partial charge in [-0.15, -0.1) is 0 Å². The molecule has 3 aliphatic heterocycles. The molecule has 15 heteroatoms. The lowest BCUT2D eigenvalue weighted by Gasteiger charge is -2.18. The number of carbonyl (C=O) groups excluding carboxylic acids is 8. The summed E-state index contributed by atoms with van der Waals surface area (Å²) in [6, 6.07) is 5.12. The van der Waals surface area contributed by atoms with Gasteiger partial charge in [0.05, 0.1) is 16.8 Å². The maximum absolute atomic E-state index is 13.2. The Labute approximate surface area is 217 Å². The predicted molar refractivity (Wildman–Crippen MR) is 131 cm³/mol. The minimum absolute atomic E-state index is 0.00753. The third-order valence-electron chi connectivity index (χ3n) is 5.80. The summed E-state index contributed by atoms with van der Waals surface area (Å²) in [4.78, 5) is 105. The number of anilines is 1. The van der Waals surface area contributed by atoms with Gasteiger partial charge in [-0.1, -0.05) is 6.07 Å². The summed E-state index contributed by atoms with van der Waals surface area (Å²) in [5.41, 5.74) is -0.0495. The first kappa shape index (κ1) is 24.8. The van der Waals surface area contributed by atoms with Crippen LogP contribution in [0.15, 0.2) is 52.4 Å². The molecule has 0 bridgehead atoms. The molecule has 2 aromatic carbocycles. The first-order valence-corrected chi connectivity index (χ1v) is 11.1. The average Bonchev–Trinajstić information content (AvgIpc) is 3.16. The Balaban J connectivity index is 1.34. The summed E-state index contributed by atoms with van der Waals surface area (Å²) in [5, 5.41) is 8.63. The Morgan fingerprint density at radius 2 is 1.23 bits per heavy atom. The molecule has 0 fully saturated rings. The van der Waals surface area contributed by atoms with Crippen LogP contribution >= 0.6 is 0 Å². The quantitative estimate of drug-likeness (QED) is 0.364. The van der Waals surface area contributed by atoms with Gasteiger partial charge in [-0.05, 0) is 36.4 Å². The van der Waals surface area contributed by atoms with Gasteiger partial charge in [0.25, 0.3) is 35.4 Å². The number of hydrogen-bond acceptors (Lipinski definition) is 8. The molecule has 0 aromatic heterocycles. The van der Waals surface area contributed by atoms with Crippen LogP contribution in [0.1, 0.15) is 41.4 Å². The van der Waals surface area contributed by atoms with Gasteiger partial charge in [-0.2, -0.15) is 0 Å². The zero-order chi connectivity index (χ0) is 27.8. The highest BCUT2D eigenvalue weighted by atomic mass is 16.2. The van der Waals surface area contributed by atoms with Gasteiger partial charge in [0.15, 0.2) is 0 Å². The Morgan fingerprint density at radius 1 is 0.692 bits per heavy atom. The van der Waals surface area contributed by atoms with Crippen LogP contribution in [0, 0.1) is 0 Å². The smallest absolute Gasteiger partial charge is 0.336 e. The number of nitrogens with one attached hydrogen (secondary N) is 4. The van der Waals surface area contributed by atoms with E-state index >= 15 is 0 Å². The van der Waals surface area contributed by atoms with Gasteiger partial charge in [0.2, 0.25) is 0 Å². The third kappa shape index (κ3) is 4.66. The number of fused-ring (bicyclic) bond motifs is 1. The monoisotopic (exact) mass is 529 g/mol. The van der Waals surface area contributed by atoms with Crippen LogP contribution < -0.4 is 26.2 Å². The molecule has 2 atom stereocenters. The fraction of sp³-hybridized carbons (Fsp3) is 0.0833. The SMILES string of the molecule is O=C1N=CC(NC(=O)c2cccc(N3C(=O)c4ccc(C(=O)NC5C=NC(=O)NC5=O)cc4C3=O)c2)C(=O)N1. The topological polar surface area (TPSA) is 213 Å². The summed E-state index contributed by atoms with van der Waals surface area (Å²) in [7, 11) is 0. The first-order valence-electron chi connectivity index (χ1n) is 11.1.